The normalized spacial score (nSPS) is 10.3. The number of halogens is 1. The predicted octanol–water partition coefficient (Wildman–Crippen LogP) is 2.85. The lowest BCUT2D eigenvalue weighted by Crippen LogP contribution is -2.22. The van der Waals surface area contributed by atoms with Crippen LogP contribution < -0.4 is 5.32 Å². The Hall–Kier alpha value is -1.53. The lowest BCUT2D eigenvalue weighted by atomic mass is 10.1. The van der Waals surface area contributed by atoms with Crippen LogP contribution in [0.1, 0.15) is 15.2 Å². The molecule has 1 aromatic heterocycles. The molecule has 0 saturated heterocycles. The van der Waals surface area contributed by atoms with E-state index < -0.39 is 11.7 Å². The third-order valence-electron chi connectivity index (χ3n) is 2.30. The van der Waals surface area contributed by atoms with Crippen molar-refractivity contribution < 1.29 is 15.0 Å². The zero-order valence-corrected chi connectivity index (χ0v) is 11.6. The number of rotatable bonds is 3. The van der Waals surface area contributed by atoms with Crippen molar-refractivity contribution in [1.82, 2.24) is 5.32 Å². The summed E-state index contributed by atoms with van der Waals surface area (Å²) < 4.78 is 0.969. The summed E-state index contributed by atoms with van der Waals surface area (Å²) in [7, 11) is 0. The second kappa shape index (κ2) is 5.41. The molecule has 1 aromatic carbocycles. The number of carbonyl (C=O) groups is 1. The van der Waals surface area contributed by atoms with Gasteiger partial charge in [0.25, 0.3) is 5.91 Å². The fraction of sp³-hybridized carbons (Fsp3) is 0.0833. The summed E-state index contributed by atoms with van der Waals surface area (Å²) in [4.78, 5) is 12.8. The Balaban J connectivity index is 2.06. The lowest BCUT2D eigenvalue weighted by Gasteiger charge is -2.06. The van der Waals surface area contributed by atoms with Gasteiger partial charge in [0.15, 0.2) is 11.5 Å². The maximum Gasteiger partial charge on any atom is 0.255 e. The monoisotopic (exact) mass is 327 g/mol. The van der Waals surface area contributed by atoms with E-state index in [0.29, 0.717) is 6.54 Å². The minimum atomic E-state index is -0.423. The van der Waals surface area contributed by atoms with Crippen molar-refractivity contribution >= 4 is 33.2 Å². The molecular weight excluding hydrogens is 318 g/mol. The molecule has 0 bridgehead atoms. The van der Waals surface area contributed by atoms with Crippen LogP contribution >= 0.6 is 27.3 Å². The number of amides is 1. The van der Waals surface area contributed by atoms with Crippen LogP contribution in [-0.4, -0.2) is 16.1 Å². The first kappa shape index (κ1) is 12.9. The summed E-state index contributed by atoms with van der Waals surface area (Å²) in [6.07, 6.45) is 0. The summed E-state index contributed by atoms with van der Waals surface area (Å²) in [5, 5.41) is 23.5. The number of hydrogen-bond donors (Lipinski definition) is 3. The van der Waals surface area contributed by atoms with Crippen LogP contribution in [0.2, 0.25) is 0 Å². The molecule has 0 atom stereocenters. The molecule has 3 N–H and O–H groups in total. The number of para-hydroxylation sites is 1. The molecule has 1 amide bonds. The molecule has 18 heavy (non-hydrogen) atoms. The van der Waals surface area contributed by atoms with Gasteiger partial charge in [0, 0.05) is 14.7 Å². The van der Waals surface area contributed by atoms with Gasteiger partial charge in [0.05, 0.1) is 12.1 Å². The molecule has 1 heterocycles. The number of phenols is 2. The summed E-state index contributed by atoms with van der Waals surface area (Å²) >= 11 is 4.85. The lowest BCUT2D eigenvalue weighted by molar-refractivity contribution is 0.0948. The maximum absolute atomic E-state index is 11.8. The molecule has 94 valence electrons. The van der Waals surface area contributed by atoms with E-state index in [1.54, 1.807) is 0 Å². The molecule has 4 nitrogen and oxygen atoms in total. The molecule has 0 aliphatic rings. The number of aromatic hydroxyl groups is 2. The molecule has 0 saturated carbocycles. The van der Waals surface area contributed by atoms with E-state index in [1.807, 2.05) is 11.4 Å². The number of carbonyl (C=O) groups excluding carboxylic acids is 1. The van der Waals surface area contributed by atoms with Crippen molar-refractivity contribution in [3.63, 3.8) is 0 Å². The van der Waals surface area contributed by atoms with Crippen molar-refractivity contribution in [2.24, 2.45) is 0 Å². The molecule has 6 heteroatoms. The number of nitrogens with one attached hydrogen (secondary N) is 1. The molecule has 0 aliphatic heterocycles. The topological polar surface area (TPSA) is 69.6 Å². The number of benzene rings is 1. The molecule has 0 unspecified atom stereocenters. The van der Waals surface area contributed by atoms with Crippen molar-refractivity contribution in [2.75, 3.05) is 0 Å². The first-order valence-corrected chi connectivity index (χ1v) is 6.77. The van der Waals surface area contributed by atoms with Gasteiger partial charge >= 0.3 is 0 Å². The Morgan fingerprint density at radius 3 is 2.83 bits per heavy atom. The van der Waals surface area contributed by atoms with E-state index in [4.69, 9.17) is 0 Å². The largest absolute Gasteiger partial charge is 0.504 e. The minimum absolute atomic E-state index is 0.0608. The number of phenolic OH excluding ortho intramolecular Hbond substituents is 2. The van der Waals surface area contributed by atoms with Gasteiger partial charge in [-0.05, 0) is 34.1 Å². The Morgan fingerprint density at radius 2 is 2.17 bits per heavy atom. The zero-order chi connectivity index (χ0) is 13.1. The summed E-state index contributed by atoms with van der Waals surface area (Å²) in [6, 6.07) is 6.19. The first-order chi connectivity index (χ1) is 8.58. The Bertz CT molecular complexity index is 582. The Morgan fingerprint density at radius 1 is 1.39 bits per heavy atom. The Labute approximate surface area is 116 Å². The average molecular weight is 328 g/mol. The summed E-state index contributed by atoms with van der Waals surface area (Å²) in [5.41, 5.74) is 0.0608. The van der Waals surface area contributed by atoms with Gasteiger partial charge < -0.3 is 15.5 Å². The molecule has 2 aromatic rings. The molecule has 0 radical (unpaired) electrons. The predicted molar refractivity (Wildman–Crippen MR) is 73.0 cm³/mol. The molecular formula is C12H10BrNO3S. The quantitative estimate of drug-likeness (QED) is 0.759. The van der Waals surface area contributed by atoms with Gasteiger partial charge in [-0.3, -0.25) is 4.79 Å². The van der Waals surface area contributed by atoms with E-state index >= 15 is 0 Å². The van der Waals surface area contributed by atoms with E-state index in [2.05, 4.69) is 21.2 Å². The van der Waals surface area contributed by atoms with Gasteiger partial charge in [0.2, 0.25) is 0 Å². The van der Waals surface area contributed by atoms with Crippen LogP contribution in [-0.2, 0) is 6.54 Å². The molecule has 0 spiro atoms. The third-order valence-corrected chi connectivity index (χ3v) is 4.00. The highest BCUT2D eigenvalue weighted by atomic mass is 79.9. The van der Waals surface area contributed by atoms with Gasteiger partial charge in [-0.1, -0.05) is 6.07 Å². The second-order valence-corrected chi connectivity index (χ2v) is 5.50. The van der Waals surface area contributed by atoms with E-state index in [1.165, 1.54) is 29.5 Å². The highest BCUT2D eigenvalue weighted by Crippen LogP contribution is 2.28. The highest BCUT2D eigenvalue weighted by Gasteiger charge is 2.13. The fourth-order valence-electron chi connectivity index (χ4n) is 1.42. The van der Waals surface area contributed by atoms with E-state index in [-0.39, 0.29) is 11.3 Å². The van der Waals surface area contributed by atoms with Crippen molar-refractivity contribution in [3.05, 3.63) is 44.6 Å². The average Bonchev–Trinajstić information content (AvgIpc) is 2.76. The Kier molecular flexibility index (Phi) is 3.88. The van der Waals surface area contributed by atoms with Crippen molar-refractivity contribution in [3.8, 4) is 11.5 Å². The van der Waals surface area contributed by atoms with Gasteiger partial charge in [-0.2, -0.15) is 0 Å². The number of hydrogen-bond acceptors (Lipinski definition) is 4. The van der Waals surface area contributed by atoms with Crippen LogP contribution in [0.5, 0.6) is 11.5 Å². The summed E-state index contributed by atoms with van der Waals surface area (Å²) in [5.74, 6) is -1.13. The van der Waals surface area contributed by atoms with E-state index in [0.717, 1.165) is 9.35 Å². The van der Waals surface area contributed by atoms with E-state index in [9.17, 15) is 15.0 Å². The SMILES string of the molecule is O=C(NCc1cc(Br)cs1)c1cccc(O)c1O. The van der Waals surface area contributed by atoms with Crippen LogP contribution in [0.3, 0.4) is 0 Å². The zero-order valence-electron chi connectivity index (χ0n) is 9.18. The van der Waals surface area contributed by atoms with Crippen LogP contribution in [0.25, 0.3) is 0 Å². The molecule has 2 rings (SSSR count). The van der Waals surface area contributed by atoms with Gasteiger partial charge in [0.1, 0.15) is 0 Å². The summed E-state index contributed by atoms with van der Waals surface area (Å²) in [6.45, 7) is 0.379. The highest BCUT2D eigenvalue weighted by molar-refractivity contribution is 9.10. The molecule has 0 fully saturated rings. The molecule has 0 aliphatic carbocycles. The maximum atomic E-state index is 11.8. The van der Waals surface area contributed by atoms with Crippen LogP contribution in [0, 0.1) is 0 Å². The minimum Gasteiger partial charge on any atom is -0.504 e. The number of thiophene rings is 1. The van der Waals surface area contributed by atoms with Crippen LogP contribution in [0.15, 0.2) is 34.1 Å². The van der Waals surface area contributed by atoms with Crippen molar-refractivity contribution in [2.45, 2.75) is 6.54 Å². The van der Waals surface area contributed by atoms with Crippen molar-refractivity contribution in [1.29, 1.82) is 0 Å². The fourth-order valence-corrected chi connectivity index (χ4v) is 2.81. The standard InChI is InChI=1S/C12H10BrNO3S/c13-7-4-8(18-6-7)5-14-12(17)9-2-1-3-10(15)11(9)16/h1-4,6,15-16H,5H2,(H,14,17). The third kappa shape index (κ3) is 2.83. The van der Waals surface area contributed by atoms with Gasteiger partial charge in [-0.25, -0.2) is 0 Å². The second-order valence-electron chi connectivity index (χ2n) is 3.59. The van der Waals surface area contributed by atoms with Gasteiger partial charge in [-0.15, -0.1) is 11.3 Å². The van der Waals surface area contributed by atoms with Crippen LogP contribution in [0.4, 0.5) is 0 Å². The smallest absolute Gasteiger partial charge is 0.255 e. The first-order valence-electron chi connectivity index (χ1n) is 5.10.